The van der Waals surface area contributed by atoms with Crippen LogP contribution in [0.25, 0.3) is 0 Å². The number of halogens is 2. The van der Waals surface area contributed by atoms with E-state index in [1.54, 1.807) is 12.1 Å². The molecule has 1 unspecified atom stereocenters. The topological polar surface area (TPSA) is 42.0 Å². The lowest BCUT2D eigenvalue weighted by Gasteiger charge is -2.39. The zero-order chi connectivity index (χ0) is 14.0. The first-order valence-electron chi connectivity index (χ1n) is 6.53. The van der Waals surface area contributed by atoms with Crippen molar-refractivity contribution in [3.63, 3.8) is 0 Å². The van der Waals surface area contributed by atoms with Gasteiger partial charge in [0.05, 0.1) is 5.56 Å². The normalized spacial score (nSPS) is 22.0. The smallest absolute Gasteiger partial charge is 0.254 e. The first-order chi connectivity index (χ1) is 8.90. The fourth-order valence-electron chi connectivity index (χ4n) is 2.58. The van der Waals surface area contributed by atoms with Crippen LogP contribution in [0.15, 0.2) is 12.1 Å². The van der Waals surface area contributed by atoms with E-state index in [9.17, 15) is 4.79 Å². The van der Waals surface area contributed by atoms with Gasteiger partial charge in [-0.1, -0.05) is 49.9 Å². The lowest BCUT2D eigenvalue weighted by Crippen LogP contribution is -2.46. The third-order valence-corrected chi connectivity index (χ3v) is 4.37. The molecule has 3 nitrogen and oxygen atoms in total. The molecule has 19 heavy (non-hydrogen) atoms. The lowest BCUT2D eigenvalue weighted by atomic mass is 9.73. The maximum Gasteiger partial charge on any atom is 0.254 e. The Hall–Kier alpha value is -0.800. The molecule has 0 radical (unpaired) electrons. The fourth-order valence-corrected chi connectivity index (χ4v) is 3.01. The molecule has 2 rings (SSSR count). The van der Waals surface area contributed by atoms with Crippen molar-refractivity contribution in [3.8, 4) is 0 Å². The Morgan fingerprint density at radius 1 is 1.37 bits per heavy atom. The molecule has 0 aliphatic heterocycles. The standard InChI is InChI=1S/C14H18Cl2N2O/c1-14(2)8-4-3-5-10(14)17-13(19)9-6-7-11(15)18-12(9)16/h6-7,10H,3-5,8H2,1-2H3,(H,17,19). The van der Waals surface area contributed by atoms with Crippen LogP contribution in [0, 0.1) is 5.41 Å². The molecule has 0 saturated heterocycles. The van der Waals surface area contributed by atoms with Crippen molar-refractivity contribution >= 4 is 29.1 Å². The minimum atomic E-state index is -0.172. The highest BCUT2D eigenvalue weighted by molar-refractivity contribution is 6.34. The van der Waals surface area contributed by atoms with Gasteiger partial charge < -0.3 is 5.32 Å². The monoisotopic (exact) mass is 300 g/mol. The van der Waals surface area contributed by atoms with Gasteiger partial charge in [0.25, 0.3) is 5.91 Å². The summed E-state index contributed by atoms with van der Waals surface area (Å²) < 4.78 is 0. The van der Waals surface area contributed by atoms with Crippen molar-refractivity contribution in [2.75, 3.05) is 0 Å². The summed E-state index contributed by atoms with van der Waals surface area (Å²) in [6.07, 6.45) is 4.52. The van der Waals surface area contributed by atoms with Crippen LogP contribution in [-0.2, 0) is 0 Å². The van der Waals surface area contributed by atoms with Crippen molar-refractivity contribution in [2.24, 2.45) is 5.41 Å². The van der Waals surface area contributed by atoms with Gasteiger partial charge in [-0.15, -0.1) is 0 Å². The Labute approximate surface area is 123 Å². The number of nitrogens with zero attached hydrogens (tertiary/aromatic N) is 1. The lowest BCUT2D eigenvalue weighted by molar-refractivity contribution is 0.0853. The number of pyridine rings is 1. The maximum absolute atomic E-state index is 12.3. The highest BCUT2D eigenvalue weighted by Gasteiger charge is 2.33. The average molecular weight is 301 g/mol. The summed E-state index contributed by atoms with van der Waals surface area (Å²) in [5.74, 6) is -0.172. The molecule has 1 aromatic heterocycles. The van der Waals surface area contributed by atoms with Crippen LogP contribution >= 0.6 is 23.2 Å². The number of rotatable bonds is 2. The van der Waals surface area contributed by atoms with E-state index in [2.05, 4.69) is 24.1 Å². The van der Waals surface area contributed by atoms with E-state index >= 15 is 0 Å². The fraction of sp³-hybridized carbons (Fsp3) is 0.571. The van der Waals surface area contributed by atoms with E-state index in [0.29, 0.717) is 10.7 Å². The van der Waals surface area contributed by atoms with Crippen molar-refractivity contribution in [3.05, 3.63) is 28.0 Å². The quantitative estimate of drug-likeness (QED) is 0.836. The summed E-state index contributed by atoms with van der Waals surface area (Å²) in [6, 6.07) is 3.37. The molecule has 1 aromatic rings. The minimum Gasteiger partial charge on any atom is -0.349 e. The van der Waals surface area contributed by atoms with Crippen LogP contribution in [0.3, 0.4) is 0 Å². The third kappa shape index (κ3) is 3.40. The second kappa shape index (κ2) is 5.68. The van der Waals surface area contributed by atoms with Crippen molar-refractivity contribution in [2.45, 2.75) is 45.6 Å². The number of carbonyl (C=O) groups is 1. The summed E-state index contributed by atoms with van der Waals surface area (Å²) >= 11 is 11.7. The summed E-state index contributed by atoms with van der Waals surface area (Å²) in [7, 11) is 0. The summed E-state index contributed by atoms with van der Waals surface area (Å²) in [5, 5.41) is 3.52. The predicted octanol–water partition coefficient (Wildman–Crippen LogP) is 4.09. The summed E-state index contributed by atoms with van der Waals surface area (Å²) in [6.45, 7) is 4.39. The molecule has 104 valence electrons. The van der Waals surface area contributed by atoms with E-state index in [0.717, 1.165) is 19.3 Å². The Kier molecular flexibility index (Phi) is 4.36. The Bertz CT molecular complexity index is 488. The summed E-state index contributed by atoms with van der Waals surface area (Å²) in [4.78, 5) is 16.1. The van der Waals surface area contributed by atoms with Crippen molar-refractivity contribution in [1.29, 1.82) is 0 Å². The van der Waals surface area contributed by atoms with Crippen LogP contribution < -0.4 is 5.32 Å². The van der Waals surface area contributed by atoms with E-state index in [1.165, 1.54) is 6.42 Å². The molecule has 1 amide bonds. The van der Waals surface area contributed by atoms with Gasteiger partial charge in [-0.05, 0) is 30.4 Å². The second-order valence-corrected chi connectivity index (χ2v) is 6.48. The summed E-state index contributed by atoms with van der Waals surface area (Å²) in [5.41, 5.74) is 0.507. The zero-order valence-electron chi connectivity index (χ0n) is 11.2. The number of nitrogens with one attached hydrogen (secondary N) is 1. The van der Waals surface area contributed by atoms with Gasteiger partial charge in [-0.3, -0.25) is 4.79 Å². The van der Waals surface area contributed by atoms with Gasteiger partial charge in [0.2, 0.25) is 0 Å². The molecule has 1 saturated carbocycles. The number of carbonyl (C=O) groups excluding carboxylic acids is 1. The van der Waals surface area contributed by atoms with Crippen LogP contribution in [0.2, 0.25) is 10.3 Å². The largest absolute Gasteiger partial charge is 0.349 e. The van der Waals surface area contributed by atoms with E-state index in [4.69, 9.17) is 23.2 Å². The van der Waals surface area contributed by atoms with Crippen LogP contribution in [0.5, 0.6) is 0 Å². The van der Waals surface area contributed by atoms with Crippen LogP contribution in [0.4, 0.5) is 0 Å². The van der Waals surface area contributed by atoms with Crippen molar-refractivity contribution in [1.82, 2.24) is 10.3 Å². The SMILES string of the molecule is CC1(C)CCCCC1NC(=O)c1ccc(Cl)nc1Cl. The predicted molar refractivity (Wildman–Crippen MR) is 77.8 cm³/mol. The molecule has 1 fully saturated rings. The Morgan fingerprint density at radius 2 is 2.11 bits per heavy atom. The number of amides is 1. The van der Waals surface area contributed by atoms with Crippen LogP contribution in [-0.4, -0.2) is 16.9 Å². The minimum absolute atomic E-state index is 0.125. The van der Waals surface area contributed by atoms with Gasteiger partial charge >= 0.3 is 0 Å². The van der Waals surface area contributed by atoms with E-state index in [-0.39, 0.29) is 22.5 Å². The molecule has 0 spiro atoms. The molecule has 1 heterocycles. The first-order valence-corrected chi connectivity index (χ1v) is 7.29. The van der Waals surface area contributed by atoms with Gasteiger partial charge in [-0.25, -0.2) is 4.98 Å². The Morgan fingerprint density at radius 3 is 2.74 bits per heavy atom. The molecule has 1 N–H and O–H groups in total. The molecular weight excluding hydrogens is 283 g/mol. The van der Waals surface area contributed by atoms with Crippen LogP contribution in [0.1, 0.15) is 49.9 Å². The number of hydrogen-bond acceptors (Lipinski definition) is 2. The molecule has 0 aromatic carbocycles. The van der Waals surface area contributed by atoms with Gasteiger partial charge in [0.15, 0.2) is 0 Å². The number of hydrogen-bond donors (Lipinski definition) is 1. The van der Waals surface area contributed by atoms with E-state index in [1.807, 2.05) is 0 Å². The molecule has 5 heteroatoms. The zero-order valence-corrected chi connectivity index (χ0v) is 12.7. The van der Waals surface area contributed by atoms with E-state index < -0.39 is 0 Å². The molecular formula is C14H18Cl2N2O. The van der Waals surface area contributed by atoms with Crippen molar-refractivity contribution < 1.29 is 4.79 Å². The number of aromatic nitrogens is 1. The Balaban J connectivity index is 2.12. The maximum atomic E-state index is 12.3. The van der Waals surface area contributed by atoms with Gasteiger partial charge in [-0.2, -0.15) is 0 Å². The first kappa shape index (κ1) is 14.6. The third-order valence-electron chi connectivity index (χ3n) is 3.87. The molecule has 1 atom stereocenters. The molecule has 1 aliphatic carbocycles. The average Bonchev–Trinajstić information content (AvgIpc) is 2.31. The highest BCUT2D eigenvalue weighted by Crippen LogP contribution is 2.35. The molecule has 1 aliphatic rings. The molecule has 0 bridgehead atoms. The highest BCUT2D eigenvalue weighted by atomic mass is 35.5. The van der Waals surface area contributed by atoms with Gasteiger partial charge in [0, 0.05) is 6.04 Å². The van der Waals surface area contributed by atoms with Gasteiger partial charge in [0.1, 0.15) is 10.3 Å². The second-order valence-electron chi connectivity index (χ2n) is 5.73.